The maximum absolute atomic E-state index is 12.2. The summed E-state index contributed by atoms with van der Waals surface area (Å²) < 4.78 is 17.3. The van der Waals surface area contributed by atoms with Crippen molar-refractivity contribution >= 4 is 28.3 Å². The minimum atomic E-state index is -0.0246. The van der Waals surface area contributed by atoms with Crippen molar-refractivity contribution in [1.29, 1.82) is 0 Å². The van der Waals surface area contributed by atoms with E-state index in [1.54, 1.807) is 7.11 Å². The van der Waals surface area contributed by atoms with Gasteiger partial charge < -0.3 is 33.9 Å². The Morgan fingerprint density at radius 3 is 2.64 bits per heavy atom. The first-order valence-electron chi connectivity index (χ1n) is 14.9. The first kappa shape index (κ1) is 28.3. The van der Waals surface area contributed by atoms with Crippen molar-refractivity contribution in [1.82, 2.24) is 24.8 Å². The number of H-pyrrole nitrogens is 1. The molecule has 2 fully saturated rings. The highest BCUT2D eigenvalue weighted by Gasteiger charge is 2.29. The topological polar surface area (TPSA) is 99.3 Å². The van der Waals surface area contributed by atoms with Gasteiger partial charge in [0.05, 0.1) is 50.4 Å². The molecule has 5 heterocycles. The minimum absolute atomic E-state index is 0.0246. The summed E-state index contributed by atoms with van der Waals surface area (Å²) in [7, 11) is 1.71. The number of ether oxygens (including phenoxy) is 3. The molecular formula is C31H41N7O4. The number of aromatic nitrogens is 3. The van der Waals surface area contributed by atoms with Gasteiger partial charge in [0.2, 0.25) is 5.91 Å². The van der Waals surface area contributed by atoms with Crippen LogP contribution in [0.15, 0.2) is 30.9 Å². The number of anilines is 2. The molecule has 0 spiro atoms. The molecule has 1 N–H and O–H groups in total. The van der Waals surface area contributed by atoms with Gasteiger partial charge in [-0.05, 0) is 38.0 Å². The lowest BCUT2D eigenvalue weighted by molar-refractivity contribution is -0.126. The second-order valence-electron chi connectivity index (χ2n) is 11.2. The molecule has 11 nitrogen and oxygen atoms in total. The summed E-state index contributed by atoms with van der Waals surface area (Å²) in [4.78, 5) is 34.5. The van der Waals surface area contributed by atoms with Crippen LogP contribution in [0.5, 0.6) is 11.8 Å². The first-order valence-corrected chi connectivity index (χ1v) is 14.9. The van der Waals surface area contributed by atoms with Crippen molar-refractivity contribution in [2.75, 3.05) is 89.1 Å². The normalized spacial score (nSPS) is 17.8. The molecule has 11 heteroatoms. The van der Waals surface area contributed by atoms with Crippen LogP contribution in [-0.4, -0.2) is 110 Å². The lowest BCUT2D eigenvalue weighted by Crippen LogP contribution is -2.49. The predicted molar refractivity (Wildman–Crippen MR) is 163 cm³/mol. The van der Waals surface area contributed by atoms with Crippen LogP contribution in [0.4, 0.5) is 11.5 Å². The molecule has 1 aromatic carbocycles. The van der Waals surface area contributed by atoms with Crippen LogP contribution < -0.4 is 19.3 Å². The van der Waals surface area contributed by atoms with E-state index in [1.807, 2.05) is 4.90 Å². The van der Waals surface area contributed by atoms with Crippen molar-refractivity contribution < 1.29 is 19.0 Å². The minimum Gasteiger partial charge on any atom is -0.497 e. The van der Waals surface area contributed by atoms with Crippen LogP contribution in [0, 0.1) is 6.92 Å². The van der Waals surface area contributed by atoms with E-state index in [0.717, 1.165) is 97.3 Å². The van der Waals surface area contributed by atoms with E-state index < -0.39 is 0 Å². The number of morpholine rings is 1. The molecule has 0 aliphatic carbocycles. The summed E-state index contributed by atoms with van der Waals surface area (Å²) in [6.07, 6.45) is 3.10. The lowest BCUT2D eigenvalue weighted by Gasteiger charge is -2.38. The van der Waals surface area contributed by atoms with E-state index >= 15 is 0 Å². The fourth-order valence-corrected chi connectivity index (χ4v) is 6.17. The summed E-state index contributed by atoms with van der Waals surface area (Å²) in [5.41, 5.74) is 5.47. The third-order valence-electron chi connectivity index (χ3n) is 8.43. The summed E-state index contributed by atoms with van der Waals surface area (Å²) in [5.74, 6) is 1.74. The third-order valence-corrected chi connectivity index (χ3v) is 8.43. The van der Waals surface area contributed by atoms with Crippen molar-refractivity contribution in [3.05, 3.63) is 47.8 Å². The zero-order chi connectivity index (χ0) is 29.1. The van der Waals surface area contributed by atoms with Gasteiger partial charge in [-0.25, -0.2) is 0 Å². The van der Waals surface area contributed by atoms with Gasteiger partial charge in [0, 0.05) is 75.1 Å². The molecule has 1 amide bonds. The Kier molecular flexibility index (Phi) is 8.48. The number of nitrogens with zero attached hydrogens (tertiary/aromatic N) is 6. The Balaban J connectivity index is 1.25. The smallest absolute Gasteiger partial charge is 0.318 e. The molecule has 2 aromatic heterocycles. The summed E-state index contributed by atoms with van der Waals surface area (Å²) >= 11 is 0. The van der Waals surface area contributed by atoms with Gasteiger partial charge >= 0.3 is 6.01 Å². The molecule has 0 radical (unpaired) electrons. The molecule has 42 heavy (non-hydrogen) atoms. The second kappa shape index (κ2) is 12.6. The van der Waals surface area contributed by atoms with Gasteiger partial charge in [-0.2, -0.15) is 9.97 Å². The maximum Gasteiger partial charge on any atom is 0.318 e. The van der Waals surface area contributed by atoms with Crippen molar-refractivity contribution in [2.45, 2.75) is 26.3 Å². The van der Waals surface area contributed by atoms with Gasteiger partial charge in [-0.1, -0.05) is 6.58 Å². The highest BCUT2D eigenvalue weighted by atomic mass is 16.5. The number of piperazine rings is 1. The molecule has 2 saturated heterocycles. The Labute approximate surface area is 247 Å². The monoisotopic (exact) mass is 575 g/mol. The molecule has 0 saturated carbocycles. The Bertz CT molecular complexity index is 1430. The van der Waals surface area contributed by atoms with E-state index in [0.29, 0.717) is 45.3 Å². The number of methoxy groups -OCH3 is 1. The largest absolute Gasteiger partial charge is 0.497 e. The zero-order valence-electron chi connectivity index (χ0n) is 24.7. The van der Waals surface area contributed by atoms with E-state index in [2.05, 4.69) is 51.4 Å². The van der Waals surface area contributed by atoms with Crippen molar-refractivity contribution in [3.8, 4) is 11.8 Å². The molecule has 3 aliphatic rings. The molecule has 6 rings (SSSR count). The summed E-state index contributed by atoms with van der Waals surface area (Å²) in [5, 5.41) is 1.13. The van der Waals surface area contributed by atoms with E-state index in [4.69, 9.17) is 24.2 Å². The first-order chi connectivity index (χ1) is 20.5. The number of nitrogens with one attached hydrogen (secondary N) is 1. The van der Waals surface area contributed by atoms with Crippen LogP contribution >= 0.6 is 0 Å². The Morgan fingerprint density at radius 1 is 1.07 bits per heavy atom. The lowest BCUT2D eigenvalue weighted by atomic mass is 10.0. The van der Waals surface area contributed by atoms with Crippen LogP contribution in [0.3, 0.4) is 0 Å². The Hall–Kier alpha value is -3.83. The average molecular weight is 576 g/mol. The SMILES string of the molecule is C=CC(=O)N1CCN(c2nc(OCCCN3CCOCC3)nc3c2CCN(c2cc(OC)cc4cc(C)[nH]c24)C3)CC1. The number of carbonyl (C=O) groups is 1. The quantitative estimate of drug-likeness (QED) is 0.305. The van der Waals surface area contributed by atoms with Gasteiger partial charge in [-0.15, -0.1) is 0 Å². The zero-order valence-corrected chi connectivity index (χ0v) is 24.7. The third kappa shape index (κ3) is 6.03. The van der Waals surface area contributed by atoms with E-state index in [9.17, 15) is 4.79 Å². The number of benzene rings is 1. The maximum atomic E-state index is 12.2. The molecule has 0 atom stereocenters. The van der Waals surface area contributed by atoms with Crippen LogP contribution in [0.2, 0.25) is 0 Å². The van der Waals surface area contributed by atoms with Crippen molar-refractivity contribution in [3.63, 3.8) is 0 Å². The highest BCUT2D eigenvalue weighted by Crippen LogP contribution is 2.36. The fraction of sp³-hybridized carbons (Fsp3) is 0.516. The number of hydrogen-bond acceptors (Lipinski definition) is 9. The van der Waals surface area contributed by atoms with Gasteiger partial charge in [0.25, 0.3) is 0 Å². The number of rotatable bonds is 9. The molecular weight excluding hydrogens is 534 g/mol. The second-order valence-corrected chi connectivity index (χ2v) is 11.2. The molecule has 3 aliphatic heterocycles. The number of aromatic amines is 1. The van der Waals surface area contributed by atoms with Gasteiger partial charge in [-0.3, -0.25) is 9.69 Å². The molecule has 0 unspecified atom stereocenters. The van der Waals surface area contributed by atoms with Crippen molar-refractivity contribution in [2.24, 2.45) is 0 Å². The highest BCUT2D eigenvalue weighted by molar-refractivity contribution is 5.94. The summed E-state index contributed by atoms with van der Waals surface area (Å²) in [6, 6.07) is 6.74. The van der Waals surface area contributed by atoms with E-state index in [1.165, 1.54) is 6.08 Å². The number of hydrogen-bond donors (Lipinski definition) is 1. The Morgan fingerprint density at radius 2 is 1.88 bits per heavy atom. The fourth-order valence-electron chi connectivity index (χ4n) is 6.17. The standard InChI is InChI=1S/C31H41N7O4/c1-4-28(39)36-9-11-37(12-10-36)30-25-6-8-38(27-20-24(40-3)19-23-18-22(2)32-29(23)27)21-26(25)33-31(34-30)42-15-5-7-35-13-16-41-17-14-35/h4,18-20,32H,1,5-17,21H2,2-3H3. The molecule has 3 aromatic rings. The molecule has 224 valence electrons. The van der Waals surface area contributed by atoms with E-state index in [-0.39, 0.29) is 5.91 Å². The van der Waals surface area contributed by atoms with Crippen LogP contribution in [0.25, 0.3) is 10.9 Å². The van der Waals surface area contributed by atoms with Gasteiger partial charge in [0.1, 0.15) is 11.6 Å². The van der Waals surface area contributed by atoms with Gasteiger partial charge in [0.15, 0.2) is 0 Å². The van der Waals surface area contributed by atoms with Crippen LogP contribution in [-0.2, 0) is 22.5 Å². The summed E-state index contributed by atoms with van der Waals surface area (Å²) in [6.45, 7) is 14.9. The number of amides is 1. The predicted octanol–water partition coefficient (Wildman–Crippen LogP) is 2.77. The number of carbonyl (C=O) groups excluding carboxylic acids is 1. The molecule has 0 bridgehead atoms. The number of aryl methyl sites for hydroxylation is 1. The average Bonchev–Trinajstić information content (AvgIpc) is 3.42. The van der Waals surface area contributed by atoms with Crippen LogP contribution in [0.1, 0.15) is 23.4 Å². The number of fused-ring (bicyclic) bond motifs is 2.